The van der Waals surface area contributed by atoms with Crippen molar-refractivity contribution in [3.05, 3.63) is 112 Å². The number of benzene rings is 6. The Bertz CT molecular complexity index is 1850. The number of aryl methyl sites for hydroxylation is 1. The average molecular weight is 433 g/mol. The van der Waals surface area contributed by atoms with Crippen LogP contribution in [0.1, 0.15) is 40.3 Å². The first-order valence-corrected chi connectivity index (χ1v) is 12.3. The van der Waals surface area contributed by atoms with Crippen LogP contribution in [0.15, 0.2) is 78.9 Å². The van der Waals surface area contributed by atoms with Crippen molar-refractivity contribution < 1.29 is 0 Å². The van der Waals surface area contributed by atoms with Crippen LogP contribution in [0.3, 0.4) is 0 Å². The van der Waals surface area contributed by atoms with Gasteiger partial charge in [0.2, 0.25) is 0 Å². The Morgan fingerprint density at radius 1 is 0.618 bits per heavy atom. The monoisotopic (exact) mass is 432 g/mol. The summed E-state index contributed by atoms with van der Waals surface area (Å²) in [6.07, 6.45) is 6.43. The summed E-state index contributed by atoms with van der Waals surface area (Å²) in [5.41, 5.74) is 14.4. The van der Waals surface area contributed by atoms with Gasteiger partial charge in [-0.1, -0.05) is 66.7 Å². The van der Waals surface area contributed by atoms with Crippen molar-refractivity contribution in [3.63, 3.8) is 0 Å². The zero-order valence-electron chi connectivity index (χ0n) is 19.5. The molecule has 0 saturated heterocycles. The summed E-state index contributed by atoms with van der Waals surface area (Å²) in [5.74, 6) is 0. The second-order valence-corrected chi connectivity index (χ2v) is 10.1. The summed E-state index contributed by atoms with van der Waals surface area (Å²) in [6.45, 7) is 4.33. The molecule has 0 heterocycles. The van der Waals surface area contributed by atoms with Crippen LogP contribution in [0, 0.1) is 6.92 Å². The molecule has 0 nitrogen and oxygen atoms in total. The Morgan fingerprint density at radius 2 is 1.29 bits per heavy atom. The summed E-state index contributed by atoms with van der Waals surface area (Å²) < 4.78 is 0. The molecular formula is C34H24. The third-order valence-corrected chi connectivity index (χ3v) is 8.25. The predicted octanol–water partition coefficient (Wildman–Crippen LogP) is 9.07. The van der Waals surface area contributed by atoms with Gasteiger partial charge < -0.3 is 0 Å². The van der Waals surface area contributed by atoms with Gasteiger partial charge >= 0.3 is 0 Å². The van der Waals surface area contributed by atoms with Gasteiger partial charge in [-0.25, -0.2) is 0 Å². The van der Waals surface area contributed by atoms with E-state index in [1.54, 1.807) is 0 Å². The molecule has 8 rings (SSSR count). The third kappa shape index (κ3) is 2.28. The van der Waals surface area contributed by atoms with Crippen molar-refractivity contribution in [1.29, 1.82) is 0 Å². The molecule has 34 heavy (non-hydrogen) atoms. The van der Waals surface area contributed by atoms with Gasteiger partial charge in [-0.15, -0.1) is 0 Å². The molecule has 0 unspecified atom stereocenters. The van der Waals surface area contributed by atoms with Gasteiger partial charge in [0.15, 0.2) is 0 Å². The average Bonchev–Trinajstić information content (AvgIpc) is 3.38. The maximum Gasteiger partial charge on any atom is -0.000705 e. The van der Waals surface area contributed by atoms with E-state index in [-0.39, 0.29) is 0 Å². The normalized spacial score (nSPS) is 13.8. The van der Waals surface area contributed by atoms with Crippen LogP contribution in [0.4, 0.5) is 0 Å². The molecule has 0 atom stereocenters. The quantitative estimate of drug-likeness (QED) is 0.227. The van der Waals surface area contributed by atoms with E-state index in [0.717, 1.165) is 12.8 Å². The van der Waals surface area contributed by atoms with Crippen LogP contribution >= 0.6 is 0 Å². The molecular weight excluding hydrogens is 408 g/mol. The van der Waals surface area contributed by atoms with E-state index >= 15 is 0 Å². The topological polar surface area (TPSA) is 0 Å². The lowest BCUT2D eigenvalue weighted by atomic mass is 9.89. The zero-order valence-corrected chi connectivity index (χ0v) is 19.5. The molecule has 160 valence electrons. The lowest BCUT2D eigenvalue weighted by molar-refractivity contribution is 1.24. The van der Waals surface area contributed by atoms with E-state index in [0.29, 0.717) is 0 Å². The van der Waals surface area contributed by atoms with Crippen molar-refractivity contribution >= 4 is 38.4 Å². The van der Waals surface area contributed by atoms with E-state index in [9.17, 15) is 0 Å². The van der Waals surface area contributed by atoms with E-state index in [1.165, 1.54) is 88.0 Å². The summed E-state index contributed by atoms with van der Waals surface area (Å²) >= 11 is 0. The minimum atomic E-state index is 1.02. The van der Waals surface area contributed by atoms with Crippen molar-refractivity contribution in [3.8, 4) is 22.3 Å². The molecule has 6 aromatic carbocycles. The molecule has 0 saturated carbocycles. The van der Waals surface area contributed by atoms with Gasteiger partial charge in [0.05, 0.1) is 0 Å². The van der Waals surface area contributed by atoms with Crippen LogP contribution < -0.4 is 0 Å². The van der Waals surface area contributed by atoms with E-state index in [4.69, 9.17) is 0 Å². The Kier molecular flexibility index (Phi) is 3.46. The number of rotatable bonds is 1. The third-order valence-electron chi connectivity index (χ3n) is 8.25. The van der Waals surface area contributed by atoms with Crippen molar-refractivity contribution in [2.24, 2.45) is 0 Å². The van der Waals surface area contributed by atoms with Crippen LogP contribution in [0.2, 0.25) is 0 Å². The summed E-state index contributed by atoms with van der Waals surface area (Å²) in [7, 11) is 0. The molecule has 0 heteroatoms. The van der Waals surface area contributed by atoms with Gasteiger partial charge in [-0.3, -0.25) is 0 Å². The minimum absolute atomic E-state index is 1.02. The van der Waals surface area contributed by atoms with Crippen molar-refractivity contribution in [1.82, 2.24) is 0 Å². The number of hydrogen-bond donors (Lipinski definition) is 0. The highest BCUT2D eigenvalue weighted by molar-refractivity contribution is 6.25. The first kappa shape index (κ1) is 18.5. The molecule has 6 aromatic rings. The van der Waals surface area contributed by atoms with Gasteiger partial charge in [-0.2, -0.15) is 0 Å². The molecule has 0 radical (unpaired) electrons. The highest BCUT2D eigenvalue weighted by Crippen LogP contribution is 2.49. The van der Waals surface area contributed by atoms with Crippen molar-refractivity contribution in [2.75, 3.05) is 0 Å². The summed E-state index contributed by atoms with van der Waals surface area (Å²) in [4.78, 5) is 0. The highest BCUT2D eigenvalue weighted by Gasteiger charge is 2.27. The van der Waals surface area contributed by atoms with Gasteiger partial charge in [0.1, 0.15) is 0 Å². The highest BCUT2D eigenvalue weighted by atomic mass is 14.3. The minimum Gasteiger partial charge on any atom is -0.0871 e. The fraction of sp³-hybridized carbons (Fsp3) is 0.118. The van der Waals surface area contributed by atoms with Crippen LogP contribution in [-0.2, 0) is 12.8 Å². The van der Waals surface area contributed by atoms with Gasteiger partial charge in [-0.05, 0) is 133 Å². The summed E-state index contributed by atoms with van der Waals surface area (Å²) in [5, 5.41) is 8.33. The van der Waals surface area contributed by atoms with E-state index < -0.39 is 0 Å². The molecule has 0 aromatic heterocycles. The lowest BCUT2D eigenvalue weighted by Crippen LogP contribution is -1.89. The van der Waals surface area contributed by atoms with Gasteiger partial charge in [0, 0.05) is 0 Å². The molecule has 0 bridgehead atoms. The largest absolute Gasteiger partial charge is 0.0871 e. The molecule has 2 aliphatic rings. The second kappa shape index (κ2) is 6.36. The SMILES string of the molecule is CC=Cc1cc2c(cc1C)-c1cc3c(cc1C2)-c1cc2ccc4cccc5ccc(c1C3)c2c45. The first-order valence-electron chi connectivity index (χ1n) is 12.3. The Labute approximate surface area is 199 Å². The van der Waals surface area contributed by atoms with Crippen molar-refractivity contribution in [2.45, 2.75) is 26.7 Å². The summed E-state index contributed by atoms with van der Waals surface area (Å²) in [6, 6.07) is 28.2. The second-order valence-electron chi connectivity index (χ2n) is 10.1. The Hall–Kier alpha value is -3.90. The molecule has 0 aliphatic heterocycles. The Morgan fingerprint density at radius 3 is 2.12 bits per heavy atom. The zero-order chi connectivity index (χ0) is 22.6. The predicted molar refractivity (Wildman–Crippen MR) is 146 cm³/mol. The number of allylic oxidation sites excluding steroid dienone is 1. The maximum absolute atomic E-state index is 2.50. The van der Waals surface area contributed by atoms with Crippen LogP contribution in [0.25, 0.3) is 60.6 Å². The van der Waals surface area contributed by atoms with E-state index in [1.807, 2.05) is 0 Å². The molecule has 0 fully saturated rings. The van der Waals surface area contributed by atoms with E-state index in [2.05, 4.69) is 98.8 Å². The molecule has 2 aliphatic carbocycles. The maximum atomic E-state index is 2.50. The first-order chi connectivity index (χ1) is 16.7. The smallest absolute Gasteiger partial charge is 0.000705 e. The van der Waals surface area contributed by atoms with Crippen LogP contribution in [0.5, 0.6) is 0 Å². The van der Waals surface area contributed by atoms with Crippen LogP contribution in [-0.4, -0.2) is 0 Å². The molecule has 0 spiro atoms. The standard InChI is InChI=1S/C34H24/c1-3-5-22-13-24-14-25-16-30-26(17-29(25)28(24)12-19(22)2)18-31-27-11-10-21-7-4-6-20-8-9-23(15-32(30)31)34(27)33(20)21/h3-13,15-17H,14,18H2,1-2H3. The number of hydrogen-bond acceptors (Lipinski definition) is 0. The lowest BCUT2D eigenvalue weighted by Gasteiger charge is -2.14. The molecule has 0 amide bonds. The van der Waals surface area contributed by atoms with Gasteiger partial charge in [0.25, 0.3) is 0 Å². The Balaban J connectivity index is 1.35. The fourth-order valence-electron chi connectivity index (χ4n) is 6.71. The molecule has 0 N–H and O–H groups in total. The number of fused-ring (bicyclic) bond motifs is 7. The fourth-order valence-corrected chi connectivity index (χ4v) is 6.71.